The summed E-state index contributed by atoms with van der Waals surface area (Å²) in [6.45, 7) is 2.83. The van der Waals surface area contributed by atoms with Crippen LogP contribution < -0.4 is 10.6 Å². The van der Waals surface area contributed by atoms with Crippen LogP contribution in [0.1, 0.15) is 53.6 Å². The summed E-state index contributed by atoms with van der Waals surface area (Å²) in [7, 11) is 1.93. The van der Waals surface area contributed by atoms with E-state index in [2.05, 4.69) is 38.7 Å². The minimum Gasteiger partial charge on any atom is -0.351 e. The molecule has 2 aromatic carbocycles. The van der Waals surface area contributed by atoms with E-state index in [9.17, 15) is 9.59 Å². The summed E-state index contributed by atoms with van der Waals surface area (Å²) in [6.07, 6.45) is 8.00. The van der Waals surface area contributed by atoms with Crippen LogP contribution in [0.15, 0.2) is 65.3 Å². The Labute approximate surface area is 241 Å². The molecule has 3 aliphatic rings. The number of benzene rings is 2. The van der Waals surface area contributed by atoms with Gasteiger partial charge in [-0.25, -0.2) is 0 Å². The molecule has 4 aromatic rings. The second-order valence-electron chi connectivity index (χ2n) is 11.1. The van der Waals surface area contributed by atoms with Crippen LogP contribution in [0.25, 0.3) is 21.8 Å². The van der Waals surface area contributed by atoms with Crippen molar-refractivity contribution in [3.05, 3.63) is 81.6 Å². The van der Waals surface area contributed by atoms with Gasteiger partial charge in [-0.05, 0) is 86.7 Å². The van der Waals surface area contributed by atoms with E-state index in [-0.39, 0.29) is 22.9 Å². The molecule has 2 aromatic heterocycles. The van der Waals surface area contributed by atoms with Crippen LogP contribution in [-0.4, -0.2) is 57.7 Å². The van der Waals surface area contributed by atoms with E-state index in [1.165, 1.54) is 0 Å². The normalized spacial score (nSPS) is 18.1. The van der Waals surface area contributed by atoms with E-state index < -0.39 is 0 Å². The summed E-state index contributed by atoms with van der Waals surface area (Å²) in [5, 5.41) is 15.6. The fourth-order valence-corrected chi connectivity index (χ4v) is 5.17. The summed E-state index contributed by atoms with van der Waals surface area (Å²) in [4.78, 5) is 30.8. The zero-order valence-corrected chi connectivity index (χ0v) is 23.8. The molecule has 1 aliphatic heterocycles. The van der Waals surface area contributed by atoms with Gasteiger partial charge in [-0.2, -0.15) is 5.10 Å². The van der Waals surface area contributed by atoms with Gasteiger partial charge in [0.1, 0.15) is 11.4 Å². The van der Waals surface area contributed by atoms with E-state index >= 15 is 0 Å². The van der Waals surface area contributed by atoms with Gasteiger partial charge in [0.15, 0.2) is 0 Å². The summed E-state index contributed by atoms with van der Waals surface area (Å²) in [6, 6.07) is 14.8. The molecule has 2 saturated carbocycles. The smallest absolute Gasteiger partial charge is 0.268 e. The zero-order valence-electron chi connectivity index (χ0n) is 22.3. The van der Waals surface area contributed by atoms with Gasteiger partial charge < -0.3 is 20.6 Å². The number of hydrazone groups is 1. The Morgan fingerprint density at radius 2 is 1.40 bits per heavy atom. The van der Waals surface area contributed by atoms with E-state index in [1.54, 1.807) is 0 Å². The predicted octanol–water partition coefficient (Wildman–Crippen LogP) is 6.04. The van der Waals surface area contributed by atoms with Crippen LogP contribution in [0.2, 0.25) is 10.0 Å². The van der Waals surface area contributed by atoms with Crippen molar-refractivity contribution in [1.82, 2.24) is 25.6 Å². The number of H-pyrrole nitrogens is 2. The van der Waals surface area contributed by atoms with Crippen LogP contribution >= 0.6 is 23.2 Å². The largest absolute Gasteiger partial charge is 0.351 e. The average Bonchev–Trinajstić information content (AvgIpc) is 3.75. The van der Waals surface area contributed by atoms with Gasteiger partial charge >= 0.3 is 0 Å². The topological polar surface area (TPSA) is 105 Å². The number of nitrogens with one attached hydrogen (secondary N) is 4. The summed E-state index contributed by atoms with van der Waals surface area (Å²) in [5.74, 6) is -0.139. The highest BCUT2D eigenvalue weighted by atomic mass is 35.5. The van der Waals surface area contributed by atoms with Crippen molar-refractivity contribution in [3.63, 3.8) is 0 Å². The second-order valence-corrected chi connectivity index (χ2v) is 12.0. The molecule has 0 radical (unpaired) electrons. The third-order valence-electron chi connectivity index (χ3n) is 7.69. The lowest BCUT2D eigenvalue weighted by atomic mass is 10.0. The highest BCUT2D eigenvalue weighted by Gasteiger charge is 2.47. The maximum atomic E-state index is 12.6. The monoisotopic (exact) mass is 576 g/mol. The number of aromatic nitrogens is 2. The third-order valence-corrected chi connectivity index (χ3v) is 8.17. The number of nitrogens with zero attached hydrogens (tertiary/aromatic N) is 2. The summed E-state index contributed by atoms with van der Waals surface area (Å²) >= 11 is 11.9. The summed E-state index contributed by atoms with van der Waals surface area (Å²) < 4.78 is 0. The van der Waals surface area contributed by atoms with Gasteiger partial charge in [-0.3, -0.25) is 14.6 Å². The Kier molecular flexibility index (Phi) is 6.63. The van der Waals surface area contributed by atoms with Crippen molar-refractivity contribution < 1.29 is 9.59 Å². The number of aromatic amines is 2. The van der Waals surface area contributed by atoms with Crippen molar-refractivity contribution in [2.24, 2.45) is 5.10 Å². The SMILES string of the molecule is CC1(NC(=O)c2cc3cc(Cl)ccc3[nH]2)CC1.CN1CC=C(C2(NC(=O)c3cc4cc(Cl)ccc4[nH]3)CC2)C=N1. The number of carbonyl (C=O) groups is 2. The average molecular weight is 578 g/mol. The molecule has 0 atom stereocenters. The minimum atomic E-state index is -0.253. The molecule has 8 nitrogen and oxygen atoms in total. The van der Waals surface area contributed by atoms with E-state index in [4.69, 9.17) is 23.2 Å². The van der Waals surface area contributed by atoms with Crippen molar-refractivity contribution in [2.75, 3.05) is 13.6 Å². The zero-order chi connectivity index (χ0) is 28.1. The second kappa shape index (κ2) is 10.0. The Bertz CT molecular complexity index is 1690. The fraction of sp³-hybridized carbons (Fsp3) is 0.300. The van der Waals surface area contributed by atoms with Crippen molar-refractivity contribution in [1.29, 1.82) is 0 Å². The molecule has 2 aliphatic carbocycles. The van der Waals surface area contributed by atoms with E-state index in [0.717, 1.165) is 59.6 Å². The number of amides is 2. The number of likely N-dealkylation sites (N-methyl/N-ethyl adjacent to an activating group) is 1. The molecule has 0 spiro atoms. The number of rotatable bonds is 5. The number of fused-ring (bicyclic) bond motifs is 2. The standard InChI is InChI=1S/C17H17ClN4O.C13H13ClN2O/c1-22-7-4-12(10-19-22)17(5-6-17)21-16(23)15-9-11-8-13(18)2-3-14(11)20-15;1-13(4-5-13)16-12(17)11-7-8-6-9(14)2-3-10(8)15-11/h2-4,8-10,20H,5-7H2,1H3,(H,21,23);2-3,6-7,15H,4-5H2,1H3,(H,16,17). The number of halogens is 2. The fourth-order valence-electron chi connectivity index (χ4n) is 4.81. The predicted molar refractivity (Wildman–Crippen MR) is 160 cm³/mol. The lowest BCUT2D eigenvalue weighted by Gasteiger charge is -2.23. The Hall–Kier alpha value is -3.75. The highest BCUT2D eigenvalue weighted by Crippen LogP contribution is 2.42. The van der Waals surface area contributed by atoms with Gasteiger partial charge in [0.25, 0.3) is 11.8 Å². The number of hydrogen-bond acceptors (Lipinski definition) is 4. The first kappa shape index (κ1) is 26.5. The third kappa shape index (κ3) is 5.60. The molecular formula is C30H30Cl2N6O2. The van der Waals surface area contributed by atoms with Crippen LogP contribution in [0.4, 0.5) is 0 Å². The maximum absolute atomic E-state index is 12.6. The van der Waals surface area contributed by atoms with Gasteiger partial charge in [0.2, 0.25) is 0 Å². The molecule has 0 unspecified atom stereocenters. The number of hydrogen-bond donors (Lipinski definition) is 4. The molecule has 2 fully saturated rings. The van der Waals surface area contributed by atoms with Gasteiger partial charge in [0.05, 0.1) is 18.3 Å². The molecule has 3 heterocycles. The molecule has 0 bridgehead atoms. The molecule has 10 heteroatoms. The van der Waals surface area contributed by atoms with E-state index in [1.807, 2.05) is 66.8 Å². The van der Waals surface area contributed by atoms with Gasteiger partial charge in [0, 0.05) is 44.4 Å². The Balaban J connectivity index is 0.000000151. The quantitative estimate of drug-likeness (QED) is 0.232. The molecule has 2 amide bonds. The van der Waals surface area contributed by atoms with Crippen molar-refractivity contribution in [2.45, 2.75) is 43.7 Å². The first-order valence-corrected chi connectivity index (χ1v) is 14.0. The molecule has 0 saturated heterocycles. The Morgan fingerprint density at radius 1 is 0.850 bits per heavy atom. The number of carbonyl (C=O) groups excluding carboxylic acids is 2. The molecule has 206 valence electrons. The first-order chi connectivity index (χ1) is 19.1. The Morgan fingerprint density at radius 3 is 1.88 bits per heavy atom. The van der Waals surface area contributed by atoms with Crippen LogP contribution in [0.3, 0.4) is 0 Å². The molecule has 7 rings (SSSR count). The van der Waals surface area contributed by atoms with E-state index in [0.29, 0.717) is 21.4 Å². The maximum Gasteiger partial charge on any atom is 0.268 e. The lowest BCUT2D eigenvalue weighted by Crippen LogP contribution is -2.40. The van der Waals surface area contributed by atoms with Gasteiger partial charge in [-0.1, -0.05) is 29.3 Å². The minimum absolute atomic E-state index is 0.00598. The van der Waals surface area contributed by atoms with Gasteiger partial charge in [-0.15, -0.1) is 0 Å². The van der Waals surface area contributed by atoms with Crippen molar-refractivity contribution >= 4 is 63.0 Å². The lowest BCUT2D eigenvalue weighted by molar-refractivity contribution is 0.0924. The highest BCUT2D eigenvalue weighted by molar-refractivity contribution is 6.31. The van der Waals surface area contributed by atoms with Crippen LogP contribution in [0.5, 0.6) is 0 Å². The summed E-state index contributed by atoms with van der Waals surface area (Å²) in [5.41, 5.74) is 3.84. The molecular weight excluding hydrogens is 547 g/mol. The molecule has 4 N–H and O–H groups in total. The van der Waals surface area contributed by atoms with Crippen molar-refractivity contribution in [3.8, 4) is 0 Å². The van der Waals surface area contributed by atoms with Crippen LogP contribution in [-0.2, 0) is 0 Å². The van der Waals surface area contributed by atoms with Crippen LogP contribution in [0, 0.1) is 0 Å². The first-order valence-electron chi connectivity index (χ1n) is 13.3. The molecule has 40 heavy (non-hydrogen) atoms.